The van der Waals surface area contributed by atoms with Crippen LogP contribution in [0.25, 0.3) is 11.0 Å². The van der Waals surface area contributed by atoms with Gasteiger partial charge >= 0.3 is 0 Å². The zero-order valence-electron chi connectivity index (χ0n) is 7.53. The first-order valence-electron chi connectivity index (χ1n) is 4.59. The standard InChI is InChI=1S/C10H9N3O/c14-10-8-6-7-2-1-3-11-9(7)13(8)5-4-12-10/h1-3,6H,4-5H2,(H,12,14). The van der Waals surface area contributed by atoms with Gasteiger partial charge in [0.05, 0.1) is 0 Å². The highest BCUT2D eigenvalue weighted by molar-refractivity contribution is 5.98. The second kappa shape index (κ2) is 2.57. The molecule has 1 amide bonds. The van der Waals surface area contributed by atoms with Crippen LogP contribution in [0.15, 0.2) is 24.4 Å². The third kappa shape index (κ3) is 0.878. The molecule has 3 heterocycles. The summed E-state index contributed by atoms with van der Waals surface area (Å²) < 4.78 is 1.97. The predicted octanol–water partition coefficient (Wildman–Crippen LogP) is 0.780. The molecule has 0 saturated carbocycles. The molecule has 1 aliphatic rings. The van der Waals surface area contributed by atoms with Crippen molar-refractivity contribution >= 4 is 16.9 Å². The number of carbonyl (C=O) groups is 1. The van der Waals surface area contributed by atoms with Gasteiger partial charge in [0.2, 0.25) is 0 Å². The SMILES string of the molecule is O=C1NCCn2c1cc1cccnc12. The van der Waals surface area contributed by atoms with Gasteiger partial charge in [-0.2, -0.15) is 0 Å². The van der Waals surface area contributed by atoms with E-state index >= 15 is 0 Å². The molecule has 1 N–H and O–H groups in total. The van der Waals surface area contributed by atoms with Crippen molar-refractivity contribution in [3.05, 3.63) is 30.1 Å². The lowest BCUT2D eigenvalue weighted by Crippen LogP contribution is -2.34. The van der Waals surface area contributed by atoms with Crippen LogP contribution in [0, 0.1) is 0 Å². The van der Waals surface area contributed by atoms with E-state index in [9.17, 15) is 4.79 Å². The van der Waals surface area contributed by atoms with Gasteiger partial charge in [0.25, 0.3) is 5.91 Å². The van der Waals surface area contributed by atoms with Crippen molar-refractivity contribution in [2.24, 2.45) is 0 Å². The Morgan fingerprint density at radius 3 is 3.36 bits per heavy atom. The minimum absolute atomic E-state index is 0.00532. The van der Waals surface area contributed by atoms with E-state index < -0.39 is 0 Å². The number of carbonyl (C=O) groups excluding carboxylic acids is 1. The quantitative estimate of drug-likeness (QED) is 0.662. The second-order valence-corrected chi connectivity index (χ2v) is 3.35. The van der Waals surface area contributed by atoms with E-state index in [0.29, 0.717) is 12.2 Å². The van der Waals surface area contributed by atoms with E-state index in [0.717, 1.165) is 17.6 Å². The summed E-state index contributed by atoms with van der Waals surface area (Å²) in [4.78, 5) is 15.8. The van der Waals surface area contributed by atoms with E-state index in [-0.39, 0.29) is 5.91 Å². The molecule has 0 spiro atoms. The monoisotopic (exact) mass is 187 g/mol. The highest BCUT2D eigenvalue weighted by atomic mass is 16.2. The summed E-state index contributed by atoms with van der Waals surface area (Å²) in [5, 5.41) is 3.84. The summed E-state index contributed by atoms with van der Waals surface area (Å²) >= 11 is 0. The third-order valence-corrected chi connectivity index (χ3v) is 2.51. The zero-order chi connectivity index (χ0) is 9.54. The van der Waals surface area contributed by atoms with Crippen LogP contribution in [-0.4, -0.2) is 22.0 Å². The summed E-state index contributed by atoms with van der Waals surface area (Å²) in [5.74, 6) is -0.00532. The normalized spacial score (nSPS) is 15.3. The molecule has 0 aromatic carbocycles. The van der Waals surface area contributed by atoms with E-state index in [1.54, 1.807) is 6.20 Å². The Morgan fingerprint density at radius 2 is 2.43 bits per heavy atom. The number of pyridine rings is 1. The van der Waals surface area contributed by atoms with Crippen LogP contribution >= 0.6 is 0 Å². The molecule has 0 bridgehead atoms. The fourth-order valence-electron chi connectivity index (χ4n) is 1.87. The molecule has 0 atom stereocenters. The summed E-state index contributed by atoms with van der Waals surface area (Å²) in [6.07, 6.45) is 1.75. The molecule has 4 heteroatoms. The van der Waals surface area contributed by atoms with Crippen LogP contribution in [0.2, 0.25) is 0 Å². The lowest BCUT2D eigenvalue weighted by atomic mass is 10.3. The van der Waals surface area contributed by atoms with Gasteiger partial charge in [0, 0.05) is 24.7 Å². The number of amides is 1. The van der Waals surface area contributed by atoms with Gasteiger partial charge in [0.1, 0.15) is 11.3 Å². The topological polar surface area (TPSA) is 46.9 Å². The molecule has 4 nitrogen and oxygen atoms in total. The molecule has 0 saturated heterocycles. The Hall–Kier alpha value is -1.84. The molecule has 0 unspecified atom stereocenters. The second-order valence-electron chi connectivity index (χ2n) is 3.35. The predicted molar refractivity (Wildman–Crippen MR) is 52.1 cm³/mol. The number of nitrogens with zero attached hydrogens (tertiary/aromatic N) is 2. The van der Waals surface area contributed by atoms with Gasteiger partial charge in [-0.3, -0.25) is 4.79 Å². The number of fused-ring (bicyclic) bond motifs is 3. The van der Waals surface area contributed by atoms with Crippen LogP contribution in [0.1, 0.15) is 10.5 Å². The first kappa shape index (κ1) is 7.55. The van der Waals surface area contributed by atoms with Crippen molar-refractivity contribution in [2.75, 3.05) is 6.54 Å². The molecule has 14 heavy (non-hydrogen) atoms. The maximum atomic E-state index is 11.5. The highest BCUT2D eigenvalue weighted by Gasteiger charge is 2.19. The number of aromatic nitrogens is 2. The molecule has 0 aliphatic carbocycles. The average Bonchev–Trinajstić information content (AvgIpc) is 2.59. The number of hydrogen-bond acceptors (Lipinski definition) is 2. The number of nitrogens with one attached hydrogen (secondary N) is 1. The van der Waals surface area contributed by atoms with Gasteiger partial charge in [-0.05, 0) is 18.2 Å². The number of rotatable bonds is 0. The summed E-state index contributed by atoms with van der Waals surface area (Å²) in [6, 6.07) is 5.74. The lowest BCUT2D eigenvalue weighted by molar-refractivity contribution is 0.0929. The Morgan fingerprint density at radius 1 is 1.50 bits per heavy atom. The molecule has 1 aliphatic heterocycles. The fraction of sp³-hybridized carbons (Fsp3) is 0.200. The van der Waals surface area contributed by atoms with Crippen molar-refractivity contribution in [1.82, 2.24) is 14.9 Å². The van der Waals surface area contributed by atoms with Gasteiger partial charge < -0.3 is 9.88 Å². The average molecular weight is 187 g/mol. The van der Waals surface area contributed by atoms with E-state index in [4.69, 9.17) is 0 Å². The Labute approximate surface area is 80.6 Å². The molecular weight excluding hydrogens is 178 g/mol. The molecular formula is C10H9N3O. The third-order valence-electron chi connectivity index (χ3n) is 2.51. The van der Waals surface area contributed by atoms with E-state index in [1.807, 2.05) is 22.8 Å². The first-order chi connectivity index (χ1) is 6.86. The molecule has 2 aromatic heterocycles. The minimum Gasteiger partial charge on any atom is -0.349 e. The Kier molecular flexibility index (Phi) is 1.39. The summed E-state index contributed by atoms with van der Waals surface area (Å²) in [6.45, 7) is 1.49. The summed E-state index contributed by atoms with van der Waals surface area (Å²) in [5.41, 5.74) is 1.61. The van der Waals surface area contributed by atoms with Gasteiger partial charge in [-0.1, -0.05) is 0 Å². The minimum atomic E-state index is -0.00532. The molecule has 70 valence electrons. The van der Waals surface area contributed by atoms with E-state index in [1.165, 1.54) is 0 Å². The maximum Gasteiger partial charge on any atom is 0.268 e. The lowest BCUT2D eigenvalue weighted by Gasteiger charge is -2.15. The molecule has 0 fully saturated rings. The van der Waals surface area contributed by atoms with Crippen LogP contribution in [0.4, 0.5) is 0 Å². The Balaban J connectivity index is 2.38. The number of hydrogen-bond donors (Lipinski definition) is 1. The van der Waals surface area contributed by atoms with E-state index in [2.05, 4.69) is 10.3 Å². The summed E-state index contributed by atoms with van der Waals surface area (Å²) in [7, 11) is 0. The van der Waals surface area contributed by atoms with Crippen LogP contribution in [0.5, 0.6) is 0 Å². The van der Waals surface area contributed by atoms with Gasteiger partial charge in [-0.25, -0.2) is 4.98 Å². The largest absolute Gasteiger partial charge is 0.349 e. The molecule has 3 rings (SSSR count). The first-order valence-corrected chi connectivity index (χ1v) is 4.59. The molecule has 2 aromatic rings. The van der Waals surface area contributed by atoms with Crippen LogP contribution < -0.4 is 5.32 Å². The zero-order valence-corrected chi connectivity index (χ0v) is 7.53. The fourth-order valence-corrected chi connectivity index (χ4v) is 1.87. The van der Waals surface area contributed by atoms with Crippen molar-refractivity contribution in [3.8, 4) is 0 Å². The van der Waals surface area contributed by atoms with Gasteiger partial charge in [0.15, 0.2) is 0 Å². The highest BCUT2D eigenvalue weighted by Crippen LogP contribution is 2.18. The van der Waals surface area contributed by atoms with Crippen molar-refractivity contribution in [3.63, 3.8) is 0 Å². The van der Waals surface area contributed by atoms with Crippen molar-refractivity contribution in [2.45, 2.75) is 6.54 Å². The maximum absolute atomic E-state index is 11.5. The van der Waals surface area contributed by atoms with Crippen molar-refractivity contribution in [1.29, 1.82) is 0 Å². The Bertz CT molecular complexity index is 515. The van der Waals surface area contributed by atoms with Crippen LogP contribution in [0.3, 0.4) is 0 Å². The van der Waals surface area contributed by atoms with Gasteiger partial charge in [-0.15, -0.1) is 0 Å². The smallest absolute Gasteiger partial charge is 0.268 e. The molecule has 0 radical (unpaired) electrons. The van der Waals surface area contributed by atoms with Crippen molar-refractivity contribution < 1.29 is 4.79 Å². The van der Waals surface area contributed by atoms with Crippen LogP contribution in [-0.2, 0) is 6.54 Å².